The third kappa shape index (κ3) is 20.4. The predicted octanol–water partition coefficient (Wildman–Crippen LogP) is -2.04. The molecule has 0 aliphatic heterocycles. The second-order valence-corrected chi connectivity index (χ2v) is 13.1. The van der Waals surface area contributed by atoms with E-state index in [1.165, 1.54) is 6.92 Å². The largest absolute Gasteiger partial charge is 0.376 e. The molecule has 0 saturated carbocycles. The van der Waals surface area contributed by atoms with Crippen molar-refractivity contribution in [3.05, 3.63) is 70.7 Å². The van der Waals surface area contributed by atoms with Gasteiger partial charge in [-0.1, -0.05) is 60.1 Å². The van der Waals surface area contributed by atoms with Gasteiger partial charge in [-0.2, -0.15) is 0 Å². The summed E-state index contributed by atoms with van der Waals surface area (Å²) in [7, 11) is 0. The Morgan fingerprint density at radius 3 is 1.84 bits per heavy atom. The van der Waals surface area contributed by atoms with Gasteiger partial charge in [0.05, 0.1) is 32.8 Å². The molecule has 2 rings (SSSR count). The fraction of sp³-hybridized carbons (Fsp3) is 0.432. The first-order valence-electron chi connectivity index (χ1n) is 18.0. The lowest BCUT2D eigenvalue weighted by Crippen LogP contribution is -2.51. The van der Waals surface area contributed by atoms with Crippen molar-refractivity contribution in [2.24, 2.45) is 11.5 Å². The van der Waals surface area contributed by atoms with Gasteiger partial charge in [0.15, 0.2) is 0 Å². The summed E-state index contributed by atoms with van der Waals surface area (Å²) >= 11 is 6.28. The number of primary amides is 2. The molecule has 57 heavy (non-hydrogen) atoms. The van der Waals surface area contributed by atoms with Crippen molar-refractivity contribution in [3.8, 4) is 0 Å². The van der Waals surface area contributed by atoms with Crippen LogP contribution < -0.4 is 48.7 Å². The summed E-state index contributed by atoms with van der Waals surface area (Å²) in [6, 6.07) is 12.8. The quantitative estimate of drug-likeness (QED) is 0.0469. The van der Waals surface area contributed by atoms with E-state index in [0.29, 0.717) is 17.2 Å². The summed E-state index contributed by atoms with van der Waals surface area (Å²) in [6.45, 7) is 0.247. The average Bonchev–Trinajstić information content (AvgIpc) is 3.17. The predicted molar refractivity (Wildman–Crippen MR) is 206 cm³/mol. The van der Waals surface area contributed by atoms with E-state index < -0.39 is 84.4 Å². The van der Waals surface area contributed by atoms with Crippen LogP contribution >= 0.6 is 11.6 Å². The van der Waals surface area contributed by atoms with Crippen LogP contribution in [-0.2, 0) is 60.9 Å². The molecule has 0 aromatic heterocycles. The number of benzene rings is 2. The Bertz CT molecular complexity index is 1710. The topological polar surface area (TPSA) is 299 Å². The summed E-state index contributed by atoms with van der Waals surface area (Å²) < 4.78 is 5.57. The number of ether oxygens (including phenoxy) is 1. The van der Waals surface area contributed by atoms with E-state index in [0.717, 1.165) is 5.56 Å². The molecule has 0 aliphatic rings. The van der Waals surface area contributed by atoms with E-state index in [4.69, 9.17) is 27.8 Å². The number of nitrogens with one attached hydrogen (secondary N) is 7. The highest BCUT2D eigenvalue weighted by atomic mass is 35.5. The molecule has 0 heterocycles. The number of nitrogens with two attached hydrogens (primary N) is 2. The lowest BCUT2D eigenvalue weighted by molar-refractivity contribution is -0.131. The number of halogens is 1. The van der Waals surface area contributed by atoms with Crippen LogP contribution in [0.5, 0.6) is 0 Å². The first kappa shape index (κ1) is 47.1. The Morgan fingerprint density at radius 2 is 1.21 bits per heavy atom. The third-order valence-electron chi connectivity index (χ3n) is 7.99. The maximum absolute atomic E-state index is 13.1. The molecule has 0 radical (unpaired) electrons. The zero-order chi connectivity index (χ0) is 42.2. The van der Waals surface area contributed by atoms with Gasteiger partial charge >= 0.3 is 0 Å². The smallest absolute Gasteiger partial charge is 0.243 e. The standard InChI is InChI=1S/C37H50ClN9O10/c1-23(48)42-20-33(52)46-28(36(40)55)13-14-30(49)41-16-7-12-27(35(39)54)45-34(53)21-43-32(51)19-44-37(56)29(18-25-10-5-6-11-26(25)38)47-31(50)15-17-57-22-24-8-3-2-4-9-24/h2-6,8-11,27-29H,7,12-22H2,1H3,(H2,39,54)(H2,40,55)(H,41,49)(H,42,48)(H,43,51)(H,44,56)(H,45,53)(H,46,52)(H,47,50). The minimum atomic E-state index is -1.14. The molecular formula is C37H50ClN9O10. The Balaban J connectivity index is 1.76. The minimum Gasteiger partial charge on any atom is -0.376 e. The average molecular weight is 816 g/mol. The van der Waals surface area contributed by atoms with Crippen LogP contribution in [0.2, 0.25) is 5.02 Å². The van der Waals surface area contributed by atoms with E-state index >= 15 is 0 Å². The molecule has 2 aromatic rings. The first-order valence-corrected chi connectivity index (χ1v) is 18.4. The van der Waals surface area contributed by atoms with Crippen molar-refractivity contribution in [1.82, 2.24) is 37.2 Å². The van der Waals surface area contributed by atoms with E-state index in [1.54, 1.807) is 24.3 Å². The monoisotopic (exact) mass is 815 g/mol. The lowest BCUT2D eigenvalue weighted by atomic mass is 10.0. The van der Waals surface area contributed by atoms with Crippen molar-refractivity contribution < 1.29 is 47.9 Å². The molecule has 0 bridgehead atoms. The normalized spacial score (nSPS) is 12.1. The van der Waals surface area contributed by atoms with Gasteiger partial charge in [-0.3, -0.25) is 43.2 Å². The summed E-state index contributed by atoms with van der Waals surface area (Å²) in [6.07, 6.45) is -0.0365. The number of hydrogen-bond donors (Lipinski definition) is 9. The van der Waals surface area contributed by atoms with Crippen molar-refractivity contribution in [2.45, 2.75) is 70.2 Å². The van der Waals surface area contributed by atoms with Gasteiger partial charge in [0.25, 0.3) is 0 Å². The minimum absolute atomic E-state index is 0.0275. The number of carbonyl (C=O) groups excluding carboxylic acids is 9. The fourth-order valence-corrected chi connectivity index (χ4v) is 5.20. The van der Waals surface area contributed by atoms with Gasteiger partial charge in [-0.05, 0) is 36.5 Å². The van der Waals surface area contributed by atoms with E-state index in [2.05, 4.69) is 37.2 Å². The summed E-state index contributed by atoms with van der Waals surface area (Å²) in [5, 5.41) is 17.4. The first-order chi connectivity index (χ1) is 27.1. The SMILES string of the molecule is CC(=O)NCC(=O)NC(CCC(=O)NCCCC(NC(=O)CNC(=O)CNC(=O)C(Cc1ccccc1Cl)NC(=O)CCOCc1ccccc1)C(N)=O)C(N)=O. The Labute approximate surface area is 334 Å². The molecule has 2 aromatic carbocycles. The maximum Gasteiger partial charge on any atom is 0.243 e. The molecule has 0 saturated heterocycles. The van der Waals surface area contributed by atoms with E-state index in [-0.39, 0.29) is 58.2 Å². The molecule has 3 unspecified atom stereocenters. The summed E-state index contributed by atoms with van der Waals surface area (Å²) in [4.78, 5) is 110. The van der Waals surface area contributed by atoms with Crippen LogP contribution in [0.25, 0.3) is 0 Å². The van der Waals surface area contributed by atoms with Gasteiger partial charge in [0.2, 0.25) is 53.2 Å². The molecule has 310 valence electrons. The fourth-order valence-electron chi connectivity index (χ4n) is 4.99. The van der Waals surface area contributed by atoms with Crippen molar-refractivity contribution in [3.63, 3.8) is 0 Å². The molecule has 19 nitrogen and oxygen atoms in total. The van der Waals surface area contributed by atoms with Crippen molar-refractivity contribution in [2.75, 3.05) is 32.8 Å². The molecule has 0 fully saturated rings. The molecule has 3 atom stereocenters. The second kappa shape index (κ2) is 25.9. The van der Waals surface area contributed by atoms with Gasteiger partial charge in [0.1, 0.15) is 18.1 Å². The van der Waals surface area contributed by atoms with Crippen molar-refractivity contribution in [1.29, 1.82) is 0 Å². The highest BCUT2D eigenvalue weighted by molar-refractivity contribution is 6.31. The number of amides is 9. The number of carbonyl (C=O) groups is 9. The molecule has 20 heteroatoms. The zero-order valence-corrected chi connectivity index (χ0v) is 32.3. The van der Waals surface area contributed by atoms with E-state index in [9.17, 15) is 43.2 Å². The zero-order valence-electron chi connectivity index (χ0n) is 31.5. The maximum atomic E-state index is 13.1. The molecular weight excluding hydrogens is 766 g/mol. The third-order valence-corrected chi connectivity index (χ3v) is 8.36. The van der Waals surface area contributed by atoms with Gasteiger partial charge in [-0.25, -0.2) is 0 Å². The number of hydrogen-bond acceptors (Lipinski definition) is 10. The van der Waals surface area contributed by atoms with Crippen LogP contribution in [-0.4, -0.2) is 104 Å². The van der Waals surface area contributed by atoms with Gasteiger partial charge in [-0.15, -0.1) is 0 Å². The van der Waals surface area contributed by atoms with Crippen molar-refractivity contribution >= 4 is 64.8 Å². The number of rotatable bonds is 26. The van der Waals surface area contributed by atoms with E-state index in [1.807, 2.05) is 30.3 Å². The van der Waals surface area contributed by atoms with Crippen LogP contribution in [0.15, 0.2) is 54.6 Å². The second-order valence-electron chi connectivity index (χ2n) is 12.7. The van der Waals surface area contributed by atoms with Crippen LogP contribution in [0, 0.1) is 0 Å². The van der Waals surface area contributed by atoms with Crippen LogP contribution in [0.1, 0.15) is 50.2 Å². The summed E-state index contributed by atoms with van der Waals surface area (Å²) in [5.41, 5.74) is 12.2. The highest BCUT2D eigenvalue weighted by Crippen LogP contribution is 2.17. The molecule has 11 N–H and O–H groups in total. The highest BCUT2D eigenvalue weighted by Gasteiger charge is 2.24. The molecule has 0 aliphatic carbocycles. The van der Waals surface area contributed by atoms with Gasteiger partial charge < -0.3 is 53.4 Å². The van der Waals surface area contributed by atoms with Crippen LogP contribution in [0.4, 0.5) is 0 Å². The van der Waals surface area contributed by atoms with Gasteiger partial charge in [0, 0.05) is 37.8 Å². The summed E-state index contributed by atoms with van der Waals surface area (Å²) in [5.74, 6) is -5.92. The van der Waals surface area contributed by atoms with Crippen LogP contribution in [0.3, 0.4) is 0 Å². The molecule has 0 spiro atoms. The lowest BCUT2D eigenvalue weighted by Gasteiger charge is -2.19. The molecule has 9 amide bonds. The Hall–Kier alpha value is -6.08. The Morgan fingerprint density at radius 1 is 0.632 bits per heavy atom. The Kier molecular flexibility index (Phi) is 21.4.